The fourth-order valence-corrected chi connectivity index (χ4v) is 4.19. The Kier molecular flexibility index (Phi) is 4.07. The van der Waals surface area contributed by atoms with Gasteiger partial charge in [0.25, 0.3) is 11.8 Å². The van der Waals surface area contributed by atoms with E-state index >= 15 is 0 Å². The molecule has 6 heteroatoms. The topological polar surface area (TPSA) is 66.9 Å². The highest BCUT2D eigenvalue weighted by Gasteiger charge is 2.39. The van der Waals surface area contributed by atoms with Crippen LogP contribution < -0.4 is 0 Å². The number of imide groups is 1. The maximum Gasteiger partial charge on any atom is 0.261 e. The van der Waals surface area contributed by atoms with Gasteiger partial charge in [0.05, 0.1) is 29.9 Å². The lowest BCUT2D eigenvalue weighted by molar-refractivity contribution is -0.144. The predicted molar refractivity (Wildman–Crippen MR) is 90.3 cm³/mol. The molecule has 1 aromatic rings. The van der Waals surface area contributed by atoms with Gasteiger partial charge in [0.1, 0.15) is 0 Å². The number of carbonyl (C=O) groups excluding carboxylic acids is 3. The van der Waals surface area contributed by atoms with Gasteiger partial charge in [-0.05, 0) is 38.3 Å². The van der Waals surface area contributed by atoms with E-state index in [1.165, 1.54) is 4.90 Å². The SMILES string of the molecule is Cc1ccc2c(c1)C(=O)N(CCC(=O)N1CCO[C@H]3CCC[C@H]31)C2=O. The average molecular weight is 342 g/mol. The number of amides is 3. The molecule has 4 rings (SSSR count). The van der Waals surface area contributed by atoms with Crippen molar-refractivity contribution in [1.29, 1.82) is 0 Å². The van der Waals surface area contributed by atoms with Crippen LogP contribution in [0.2, 0.25) is 0 Å². The van der Waals surface area contributed by atoms with Crippen LogP contribution in [0, 0.1) is 6.92 Å². The Bertz CT molecular complexity index is 745. The third-order valence-corrected chi connectivity index (χ3v) is 5.48. The Labute approximate surface area is 146 Å². The van der Waals surface area contributed by atoms with Crippen LogP contribution in [0.1, 0.15) is 52.0 Å². The Hall–Kier alpha value is -2.21. The van der Waals surface area contributed by atoms with Gasteiger partial charge in [-0.3, -0.25) is 19.3 Å². The van der Waals surface area contributed by atoms with Gasteiger partial charge in [0.15, 0.2) is 0 Å². The molecule has 0 N–H and O–H groups in total. The summed E-state index contributed by atoms with van der Waals surface area (Å²) in [7, 11) is 0. The highest BCUT2D eigenvalue weighted by Crippen LogP contribution is 2.30. The van der Waals surface area contributed by atoms with Crippen LogP contribution in [0.5, 0.6) is 0 Å². The van der Waals surface area contributed by atoms with Crippen molar-refractivity contribution in [3.63, 3.8) is 0 Å². The van der Waals surface area contributed by atoms with Crippen LogP contribution >= 0.6 is 0 Å². The number of benzene rings is 1. The zero-order valence-electron chi connectivity index (χ0n) is 14.4. The van der Waals surface area contributed by atoms with Crippen LogP contribution in [0.4, 0.5) is 0 Å². The molecule has 0 spiro atoms. The van der Waals surface area contributed by atoms with Crippen molar-refractivity contribution in [2.24, 2.45) is 0 Å². The average Bonchev–Trinajstić information content (AvgIpc) is 3.17. The first-order valence-electron chi connectivity index (χ1n) is 8.94. The molecule has 1 aromatic carbocycles. The van der Waals surface area contributed by atoms with Gasteiger partial charge in [-0.25, -0.2) is 0 Å². The summed E-state index contributed by atoms with van der Waals surface area (Å²) in [6.45, 7) is 3.19. The minimum atomic E-state index is -0.298. The zero-order valence-corrected chi connectivity index (χ0v) is 14.4. The van der Waals surface area contributed by atoms with E-state index in [1.54, 1.807) is 12.1 Å². The number of carbonyl (C=O) groups is 3. The molecular weight excluding hydrogens is 320 g/mol. The summed E-state index contributed by atoms with van der Waals surface area (Å²) in [6, 6.07) is 5.42. The van der Waals surface area contributed by atoms with Gasteiger partial charge in [-0.1, -0.05) is 11.6 Å². The Morgan fingerprint density at radius 3 is 2.84 bits per heavy atom. The minimum absolute atomic E-state index is 0.00735. The van der Waals surface area contributed by atoms with E-state index in [2.05, 4.69) is 0 Å². The molecule has 1 aliphatic carbocycles. The summed E-state index contributed by atoms with van der Waals surface area (Å²) in [5.41, 5.74) is 1.82. The molecule has 2 heterocycles. The van der Waals surface area contributed by atoms with E-state index in [9.17, 15) is 14.4 Å². The van der Waals surface area contributed by atoms with E-state index in [0.717, 1.165) is 24.8 Å². The van der Waals surface area contributed by atoms with Gasteiger partial charge >= 0.3 is 0 Å². The molecule has 2 fully saturated rings. The summed E-state index contributed by atoms with van der Waals surface area (Å²) in [5, 5.41) is 0. The first kappa shape index (κ1) is 16.3. The van der Waals surface area contributed by atoms with Crippen molar-refractivity contribution in [2.75, 3.05) is 19.7 Å². The lowest BCUT2D eigenvalue weighted by atomic mass is 10.1. The van der Waals surface area contributed by atoms with Crippen LogP contribution in [-0.2, 0) is 9.53 Å². The maximum absolute atomic E-state index is 12.7. The van der Waals surface area contributed by atoms with Crippen molar-refractivity contribution < 1.29 is 19.1 Å². The summed E-state index contributed by atoms with van der Waals surface area (Å²) >= 11 is 0. The maximum atomic E-state index is 12.7. The summed E-state index contributed by atoms with van der Waals surface area (Å²) in [6.07, 6.45) is 3.39. The minimum Gasteiger partial charge on any atom is -0.374 e. The summed E-state index contributed by atoms with van der Waals surface area (Å²) < 4.78 is 5.74. The number of nitrogens with zero attached hydrogens (tertiary/aromatic N) is 2. The van der Waals surface area contributed by atoms with Gasteiger partial charge in [0, 0.05) is 19.5 Å². The van der Waals surface area contributed by atoms with Crippen molar-refractivity contribution >= 4 is 17.7 Å². The Balaban J connectivity index is 1.42. The largest absolute Gasteiger partial charge is 0.374 e. The molecular formula is C19H22N2O4. The number of morpholine rings is 1. The molecule has 132 valence electrons. The molecule has 6 nitrogen and oxygen atoms in total. The van der Waals surface area contributed by atoms with Crippen LogP contribution in [0.3, 0.4) is 0 Å². The van der Waals surface area contributed by atoms with Gasteiger partial charge in [-0.15, -0.1) is 0 Å². The first-order valence-corrected chi connectivity index (χ1v) is 8.94. The molecule has 1 saturated carbocycles. The third kappa shape index (κ3) is 2.74. The molecule has 2 atom stereocenters. The standard InChI is InChI=1S/C19H22N2O4/c1-12-5-6-13-14(11-12)19(24)21(18(13)23)8-7-17(22)20-9-10-25-16-4-2-3-15(16)20/h5-6,11,15-16H,2-4,7-10H2,1H3/t15-,16+/m1/s1. The Morgan fingerprint density at radius 1 is 1.20 bits per heavy atom. The monoisotopic (exact) mass is 342 g/mol. The van der Waals surface area contributed by atoms with E-state index in [0.29, 0.717) is 24.3 Å². The van der Waals surface area contributed by atoms with Crippen LogP contribution in [0.25, 0.3) is 0 Å². The smallest absolute Gasteiger partial charge is 0.261 e. The normalized spacial score (nSPS) is 25.3. The molecule has 2 aliphatic heterocycles. The Morgan fingerprint density at radius 2 is 2.00 bits per heavy atom. The second-order valence-electron chi connectivity index (χ2n) is 7.06. The lowest BCUT2D eigenvalue weighted by Gasteiger charge is -2.38. The van der Waals surface area contributed by atoms with E-state index < -0.39 is 0 Å². The van der Waals surface area contributed by atoms with Crippen LogP contribution in [0.15, 0.2) is 18.2 Å². The quantitative estimate of drug-likeness (QED) is 0.785. The van der Waals surface area contributed by atoms with Gasteiger partial charge in [0.2, 0.25) is 5.91 Å². The molecule has 1 saturated heterocycles. The zero-order chi connectivity index (χ0) is 17.6. The molecule has 3 amide bonds. The first-order chi connectivity index (χ1) is 12.1. The summed E-state index contributed by atoms with van der Waals surface area (Å²) in [4.78, 5) is 40.7. The fourth-order valence-electron chi connectivity index (χ4n) is 4.19. The molecule has 25 heavy (non-hydrogen) atoms. The number of hydrogen-bond donors (Lipinski definition) is 0. The highest BCUT2D eigenvalue weighted by atomic mass is 16.5. The number of rotatable bonds is 3. The van der Waals surface area contributed by atoms with Gasteiger partial charge < -0.3 is 9.64 Å². The molecule has 0 aromatic heterocycles. The van der Waals surface area contributed by atoms with E-state index in [1.807, 2.05) is 17.9 Å². The molecule has 0 bridgehead atoms. The van der Waals surface area contributed by atoms with Crippen molar-refractivity contribution in [1.82, 2.24) is 9.80 Å². The predicted octanol–water partition coefficient (Wildman–Crippen LogP) is 1.76. The molecule has 3 aliphatic rings. The fraction of sp³-hybridized carbons (Fsp3) is 0.526. The lowest BCUT2D eigenvalue weighted by Crippen LogP contribution is -2.51. The third-order valence-electron chi connectivity index (χ3n) is 5.48. The molecule has 0 unspecified atom stereocenters. The second kappa shape index (κ2) is 6.26. The van der Waals surface area contributed by atoms with Crippen molar-refractivity contribution in [2.45, 2.75) is 44.8 Å². The summed E-state index contributed by atoms with van der Waals surface area (Å²) in [5.74, 6) is -0.585. The van der Waals surface area contributed by atoms with E-state index in [4.69, 9.17) is 4.74 Å². The second-order valence-corrected chi connectivity index (χ2v) is 7.06. The number of ether oxygens (including phenoxy) is 1. The van der Waals surface area contributed by atoms with Crippen LogP contribution in [-0.4, -0.2) is 59.4 Å². The number of hydrogen-bond acceptors (Lipinski definition) is 4. The number of aryl methyl sites for hydroxylation is 1. The van der Waals surface area contributed by atoms with E-state index in [-0.39, 0.29) is 42.8 Å². The molecule has 0 radical (unpaired) electrons. The van der Waals surface area contributed by atoms with Crippen molar-refractivity contribution in [3.8, 4) is 0 Å². The number of fused-ring (bicyclic) bond motifs is 2. The highest BCUT2D eigenvalue weighted by molar-refractivity contribution is 6.21. The van der Waals surface area contributed by atoms with Crippen molar-refractivity contribution in [3.05, 3.63) is 34.9 Å². The van der Waals surface area contributed by atoms with Gasteiger partial charge in [-0.2, -0.15) is 0 Å².